The monoisotopic (exact) mass is 260 g/mol. The van der Waals surface area contributed by atoms with Crippen LogP contribution in [0, 0.1) is 5.41 Å². The molecule has 4 nitrogen and oxygen atoms in total. The molecule has 0 unspecified atom stereocenters. The number of hydrogen-bond donors (Lipinski definition) is 2. The van der Waals surface area contributed by atoms with Gasteiger partial charge >= 0.3 is 0 Å². The molecule has 1 heterocycles. The minimum Gasteiger partial charge on any atom is -0.370 e. The average molecular weight is 260 g/mol. The van der Waals surface area contributed by atoms with E-state index in [4.69, 9.17) is 0 Å². The Kier molecular flexibility index (Phi) is 3.33. The Morgan fingerprint density at radius 2 is 1.89 bits per heavy atom. The van der Waals surface area contributed by atoms with Gasteiger partial charge in [0, 0.05) is 25.1 Å². The van der Waals surface area contributed by atoms with Gasteiger partial charge in [-0.25, -0.2) is 9.97 Å². The van der Waals surface area contributed by atoms with Crippen LogP contribution >= 0.6 is 0 Å². The van der Waals surface area contributed by atoms with Crippen molar-refractivity contribution in [1.29, 1.82) is 0 Å². The summed E-state index contributed by atoms with van der Waals surface area (Å²) in [4.78, 5) is 9.30. The predicted octanol–water partition coefficient (Wildman–Crippen LogP) is 3.39. The molecule has 2 N–H and O–H groups in total. The molecule has 2 fully saturated rings. The van der Waals surface area contributed by atoms with Crippen molar-refractivity contribution in [2.24, 2.45) is 5.41 Å². The fourth-order valence-electron chi connectivity index (χ4n) is 2.12. The van der Waals surface area contributed by atoms with Gasteiger partial charge in [-0.1, -0.05) is 13.8 Å². The van der Waals surface area contributed by atoms with Crippen molar-refractivity contribution in [3.05, 3.63) is 11.9 Å². The summed E-state index contributed by atoms with van der Waals surface area (Å²) in [5.41, 5.74) is 0.502. The highest BCUT2D eigenvalue weighted by molar-refractivity contribution is 5.48. The van der Waals surface area contributed by atoms with E-state index >= 15 is 0 Å². The summed E-state index contributed by atoms with van der Waals surface area (Å²) in [6.07, 6.45) is 6.27. The quantitative estimate of drug-likeness (QED) is 0.789. The molecule has 1 aromatic heterocycles. The van der Waals surface area contributed by atoms with Crippen molar-refractivity contribution in [3.8, 4) is 0 Å². The standard InChI is InChI=1S/C15H24N4/c1-3-8-16-12-9-13(17-10-15(2)6-7-15)19-14(18-12)11-4-5-11/h9,11H,3-8,10H2,1-2H3,(H2,16,17,18,19). The maximum atomic E-state index is 4.67. The van der Waals surface area contributed by atoms with Crippen molar-refractivity contribution in [3.63, 3.8) is 0 Å². The third kappa shape index (κ3) is 3.37. The molecule has 0 amide bonds. The highest BCUT2D eigenvalue weighted by atomic mass is 15.1. The molecule has 19 heavy (non-hydrogen) atoms. The second-order valence-corrected chi connectivity index (χ2v) is 6.36. The van der Waals surface area contributed by atoms with Gasteiger partial charge in [0.1, 0.15) is 17.5 Å². The van der Waals surface area contributed by atoms with Crippen LogP contribution in [0.3, 0.4) is 0 Å². The summed E-state index contributed by atoms with van der Waals surface area (Å²) in [7, 11) is 0. The lowest BCUT2D eigenvalue weighted by molar-refractivity contribution is 0.609. The van der Waals surface area contributed by atoms with Crippen LogP contribution in [0.25, 0.3) is 0 Å². The van der Waals surface area contributed by atoms with Gasteiger partial charge in [0.25, 0.3) is 0 Å². The van der Waals surface area contributed by atoms with Crippen molar-refractivity contribution >= 4 is 11.6 Å². The van der Waals surface area contributed by atoms with E-state index in [-0.39, 0.29) is 0 Å². The van der Waals surface area contributed by atoms with Gasteiger partial charge < -0.3 is 10.6 Å². The van der Waals surface area contributed by atoms with Crippen molar-refractivity contribution in [1.82, 2.24) is 9.97 Å². The zero-order valence-electron chi connectivity index (χ0n) is 12.0. The molecule has 0 bridgehead atoms. The van der Waals surface area contributed by atoms with Crippen molar-refractivity contribution in [2.45, 2.75) is 51.9 Å². The van der Waals surface area contributed by atoms with Crippen LogP contribution in [0.5, 0.6) is 0 Å². The molecule has 0 saturated heterocycles. The van der Waals surface area contributed by atoms with Crippen LogP contribution in [0.1, 0.15) is 57.7 Å². The normalized spacial score (nSPS) is 20.1. The Hall–Kier alpha value is -1.32. The molecule has 104 valence electrons. The fraction of sp³-hybridized carbons (Fsp3) is 0.733. The zero-order chi connectivity index (χ0) is 13.3. The van der Waals surface area contributed by atoms with Gasteiger partial charge in [-0.3, -0.25) is 0 Å². The molecule has 4 heteroatoms. The predicted molar refractivity (Wildman–Crippen MR) is 78.6 cm³/mol. The molecule has 0 aromatic carbocycles. The molecule has 0 aliphatic heterocycles. The minimum absolute atomic E-state index is 0.502. The van der Waals surface area contributed by atoms with E-state index in [1.807, 2.05) is 6.07 Å². The average Bonchev–Trinajstić information content (AvgIpc) is 3.30. The van der Waals surface area contributed by atoms with E-state index in [2.05, 4.69) is 34.4 Å². The summed E-state index contributed by atoms with van der Waals surface area (Å²) in [6, 6.07) is 2.05. The molecule has 1 aromatic rings. The Labute approximate surface area is 115 Å². The smallest absolute Gasteiger partial charge is 0.136 e. The van der Waals surface area contributed by atoms with E-state index in [9.17, 15) is 0 Å². The van der Waals surface area contributed by atoms with E-state index in [1.54, 1.807) is 0 Å². The summed E-state index contributed by atoms with van der Waals surface area (Å²) < 4.78 is 0. The largest absolute Gasteiger partial charge is 0.370 e. The van der Waals surface area contributed by atoms with Gasteiger partial charge in [-0.15, -0.1) is 0 Å². The molecular weight excluding hydrogens is 236 g/mol. The van der Waals surface area contributed by atoms with Gasteiger partial charge in [-0.05, 0) is 37.5 Å². The molecule has 0 atom stereocenters. The van der Waals surface area contributed by atoms with Gasteiger partial charge in [-0.2, -0.15) is 0 Å². The third-order valence-electron chi connectivity index (χ3n) is 4.04. The Balaban J connectivity index is 1.70. The maximum Gasteiger partial charge on any atom is 0.136 e. The first-order chi connectivity index (χ1) is 9.18. The molecule has 2 aliphatic rings. The lowest BCUT2D eigenvalue weighted by atomic mass is 10.1. The van der Waals surface area contributed by atoms with E-state index in [0.29, 0.717) is 11.3 Å². The van der Waals surface area contributed by atoms with Gasteiger partial charge in [0.05, 0.1) is 0 Å². The van der Waals surface area contributed by atoms with Gasteiger partial charge in [0.15, 0.2) is 0 Å². The van der Waals surface area contributed by atoms with E-state index < -0.39 is 0 Å². The van der Waals surface area contributed by atoms with E-state index in [1.165, 1.54) is 25.7 Å². The van der Waals surface area contributed by atoms with Crippen LogP contribution in [0.15, 0.2) is 6.07 Å². The molecule has 0 spiro atoms. The lowest BCUT2D eigenvalue weighted by Gasteiger charge is -2.13. The second-order valence-electron chi connectivity index (χ2n) is 6.36. The number of hydrogen-bond acceptors (Lipinski definition) is 4. The summed E-state index contributed by atoms with van der Waals surface area (Å²) in [5, 5.41) is 6.88. The fourth-order valence-corrected chi connectivity index (χ4v) is 2.12. The lowest BCUT2D eigenvalue weighted by Crippen LogP contribution is -2.14. The zero-order valence-corrected chi connectivity index (χ0v) is 12.0. The number of anilines is 2. The van der Waals surface area contributed by atoms with Crippen molar-refractivity contribution < 1.29 is 0 Å². The molecular formula is C15H24N4. The Morgan fingerprint density at radius 1 is 1.21 bits per heavy atom. The third-order valence-corrected chi connectivity index (χ3v) is 4.04. The van der Waals surface area contributed by atoms with Crippen LogP contribution in [-0.4, -0.2) is 23.1 Å². The number of nitrogens with one attached hydrogen (secondary N) is 2. The number of rotatable bonds is 7. The van der Waals surface area contributed by atoms with Crippen LogP contribution in [0.4, 0.5) is 11.6 Å². The van der Waals surface area contributed by atoms with Crippen LogP contribution in [-0.2, 0) is 0 Å². The summed E-state index contributed by atoms with van der Waals surface area (Å²) in [6.45, 7) is 6.50. The topological polar surface area (TPSA) is 49.8 Å². The Bertz CT molecular complexity index is 449. The SMILES string of the molecule is CCCNc1cc(NCC2(C)CC2)nc(C2CC2)n1. The van der Waals surface area contributed by atoms with Crippen LogP contribution in [0.2, 0.25) is 0 Å². The highest BCUT2D eigenvalue weighted by Gasteiger charge is 2.37. The first-order valence-electron chi connectivity index (χ1n) is 7.55. The summed E-state index contributed by atoms with van der Waals surface area (Å²) >= 11 is 0. The van der Waals surface area contributed by atoms with Crippen molar-refractivity contribution in [2.75, 3.05) is 23.7 Å². The molecule has 3 rings (SSSR count). The second kappa shape index (κ2) is 4.99. The molecule has 2 saturated carbocycles. The van der Waals surface area contributed by atoms with Crippen LogP contribution < -0.4 is 10.6 Å². The molecule has 0 radical (unpaired) electrons. The van der Waals surface area contributed by atoms with Gasteiger partial charge in [0.2, 0.25) is 0 Å². The maximum absolute atomic E-state index is 4.67. The summed E-state index contributed by atoms with van der Waals surface area (Å²) in [5.74, 6) is 3.58. The number of nitrogens with zero attached hydrogens (tertiary/aromatic N) is 2. The molecule has 2 aliphatic carbocycles. The highest BCUT2D eigenvalue weighted by Crippen LogP contribution is 2.45. The first kappa shape index (κ1) is 12.7. The van der Waals surface area contributed by atoms with E-state index in [0.717, 1.165) is 37.0 Å². The minimum atomic E-state index is 0.502. The first-order valence-corrected chi connectivity index (χ1v) is 7.55. The number of aromatic nitrogens is 2. The Morgan fingerprint density at radius 3 is 2.47 bits per heavy atom.